The van der Waals surface area contributed by atoms with Crippen molar-refractivity contribution in [1.82, 2.24) is 15.0 Å². The largest absolute Gasteiger partial charge is 0.370 e. The van der Waals surface area contributed by atoms with Gasteiger partial charge in [0.1, 0.15) is 5.82 Å². The first-order valence-electron chi connectivity index (χ1n) is 6.40. The van der Waals surface area contributed by atoms with E-state index < -0.39 is 16.1 Å². The summed E-state index contributed by atoms with van der Waals surface area (Å²) < 4.78 is 26.7. The van der Waals surface area contributed by atoms with Crippen molar-refractivity contribution in [3.8, 4) is 0 Å². The fourth-order valence-electron chi connectivity index (χ4n) is 1.54. The first-order valence-corrected chi connectivity index (χ1v) is 7.89. The molecule has 0 saturated carbocycles. The molecular formula is C12H20N4O3S. The molecular weight excluding hydrogens is 280 g/mol. The molecule has 0 bridgehead atoms. The minimum absolute atomic E-state index is 0.0691. The molecule has 8 heteroatoms. The number of hydrogen-bond acceptors (Lipinski definition) is 5. The van der Waals surface area contributed by atoms with Gasteiger partial charge in [-0.05, 0) is 26.8 Å². The van der Waals surface area contributed by atoms with Crippen molar-refractivity contribution in [2.24, 2.45) is 0 Å². The molecule has 0 radical (unpaired) electrons. The first kappa shape index (κ1) is 16.4. The summed E-state index contributed by atoms with van der Waals surface area (Å²) in [5.41, 5.74) is 0. The van der Waals surface area contributed by atoms with Gasteiger partial charge in [-0.3, -0.25) is 4.79 Å². The zero-order chi connectivity index (χ0) is 15.2. The Balaban J connectivity index is 2.88. The summed E-state index contributed by atoms with van der Waals surface area (Å²) in [5.74, 6) is 0.109. The minimum atomic E-state index is -3.75. The second kappa shape index (κ2) is 7.20. The van der Waals surface area contributed by atoms with Crippen LogP contribution in [-0.2, 0) is 14.8 Å². The number of sulfonamides is 1. The highest BCUT2D eigenvalue weighted by atomic mass is 32.2. The number of pyridine rings is 1. The van der Waals surface area contributed by atoms with E-state index >= 15 is 0 Å². The molecule has 7 nitrogen and oxygen atoms in total. The Kier molecular flexibility index (Phi) is 5.90. The lowest BCUT2D eigenvalue weighted by Gasteiger charge is -2.14. The van der Waals surface area contributed by atoms with E-state index in [1.165, 1.54) is 25.3 Å². The van der Waals surface area contributed by atoms with Crippen LogP contribution in [0.5, 0.6) is 0 Å². The fourth-order valence-corrected chi connectivity index (χ4v) is 2.75. The van der Waals surface area contributed by atoms with Crippen LogP contribution < -0.4 is 15.4 Å². The van der Waals surface area contributed by atoms with Crippen molar-refractivity contribution < 1.29 is 13.2 Å². The Bertz CT molecular complexity index is 560. The molecule has 0 saturated heterocycles. The summed E-state index contributed by atoms with van der Waals surface area (Å²) in [5, 5.41) is 5.49. The van der Waals surface area contributed by atoms with E-state index in [0.717, 1.165) is 0 Å². The van der Waals surface area contributed by atoms with Crippen LogP contribution in [0, 0.1) is 0 Å². The number of rotatable bonds is 7. The van der Waals surface area contributed by atoms with Crippen molar-refractivity contribution in [2.75, 3.05) is 18.4 Å². The predicted molar refractivity (Wildman–Crippen MR) is 76.9 cm³/mol. The molecule has 1 aromatic heterocycles. The molecule has 0 aliphatic heterocycles. The maximum Gasteiger partial charge on any atom is 0.241 e. The Labute approximate surface area is 119 Å². The molecule has 1 heterocycles. The van der Waals surface area contributed by atoms with Crippen LogP contribution in [0.25, 0.3) is 0 Å². The summed E-state index contributed by atoms with van der Waals surface area (Å²) in [4.78, 5) is 15.6. The number of anilines is 1. The zero-order valence-corrected chi connectivity index (χ0v) is 12.6. The van der Waals surface area contributed by atoms with Gasteiger partial charge in [0.15, 0.2) is 0 Å². The minimum Gasteiger partial charge on any atom is -0.370 e. The van der Waals surface area contributed by atoms with E-state index in [0.29, 0.717) is 18.9 Å². The molecule has 3 N–H and O–H groups in total. The van der Waals surface area contributed by atoms with Gasteiger partial charge in [0.05, 0.1) is 10.9 Å². The van der Waals surface area contributed by atoms with Crippen molar-refractivity contribution in [3.05, 3.63) is 18.3 Å². The van der Waals surface area contributed by atoms with E-state index in [-0.39, 0.29) is 10.8 Å². The second-order valence-corrected chi connectivity index (χ2v) is 5.86. The highest BCUT2D eigenvalue weighted by Gasteiger charge is 2.21. The van der Waals surface area contributed by atoms with E-state index in [2.05, 4.69) is 20.3 Å². The van der Waals surface area contributed by atoms with Crippen LogP contribution in [0.15, 0.2) is 23.2 Å². The monoisotopic (exact) mass is 300 g/mol. The van der Waals surface area contributed by atoms with Crippen molar-refractivity contribution >= 4 is 21.7 Å². The molecule has 20 heavy (non-hydrogen) atoms. The van der Waals surface area contributed by atoms with Crippen molar-refractivity contribution in [3.63, 3.8) is 0 Å². The standard InChI is InChI=1S/C12H20N4O3S/c1-4-13-11-8-10(6-7-15-11)20(18,19)16-9(3)12(17)14-5-2/h6-9,16H,4-5H2,1-3H3,(H,13,15)(H,14,17). The highest BCUT2D eigenvalue weighted by Crippen LogP contribution is 2.12. The summed E-state index contributed by atoms with van der Waals surface area (Å²) in [6.07, 6.45) is 1.41. The SMILES string of the molecule is CCNC(=O)C(C)NS(=O)(=O)c1ccnc(NCC)c1. The maximum absolute atomic E-state index is 12.2. The normalized spacial score (nSPS) is 12.8. The van der Waals surface area contributed by atoms with Gasteiger partial charge < -0.3 is 10.6 Å². The lowest BCUT2D eigenvalue weighted by molar-refractivity contribution is -0.122. The van der Waals surface area contributed by atoms with E-state index in [9.17, 15) is 13.2 Å². The molecule has 1 atom stereocenters. The topological polar surface area (TPSA) is 100 Å². The summed E-state index contributed by atoms with van der Waals surface area (Å²) in [7, 11) is -3.75. The number of aromatic nitrogens is 1. The van der Waals surface area contributed by atoms with E-state index in [1.54, 1.807) is 6.92 Å². The van der Waals surface area contributed by atoms with Gasteiger partial charge in [-0.15, -0.1) is 0 Å². The highest BCUT2D eigenvalue weighted by molar-refractivity contribution is 7.89. The number of nitrogens with zero attached hydrogens (tertiary/aromatic N) is 1. The maximum atomic E-state index is 12.2. The zero-order valence-electron chi connectivity index (χ0n) is 11.8. The number of carbonyl (C=O) groups excluding carboxylic acids is 1. The third-order valence-electron chi connectivity index (χ3n) is 2.48. The van der Waals surface area contributed by atoms with Gasteiger partial charge in [0.2, 0.25) is 15.9 Å². The molecule has 0 aliphatic carbocycles. The summed E-state index contributed by atoms with van der Waals surface area (Å²) >= 11 is 0. The van der Waals surface area contributed by atoms with Crippen molar-refractivity contribution in [2.45, 2.75) is 31.7 Å². The van der Waals surface area contributed by atoms with Crippen LogP contribution in [0.3, 0.4) is 0 Å². The molecule has 1 rings (SSSR count). The van der Waals surface area contributed by atoms with Crippen LogP contribution in [0.2, 0.25) is 0 Å². The molecule has 112 valence electrons. The van der Waals surface area contributed by atoms with Gasteiger partial charge in [-0.2, -0.15) is 4.72 Å². The van der Waals surface area contributed by atoms with Crippen LogP contribution >= 0.6 is 0 Å². The summed E-state index contributed by atoms with van der Waals surface area (Å²) in [6, 6.07) is 1.97. The molecule has 0 aromatic carbocycles. The quantitative estimate of drug-likeness (QED) is 0.673. The van der Waals surface area contributed by atoms with Crippen LogP contribution in [0.1, 0.15) is 20.8 Å². The first-order chi connectivity index (χ1) is 9.40. The average molecular weight is 300 g/mol. The Hall–Kier alpha value is -1.67. The fraction of sp³-hybridized carbons (Fsp3) is 0.500. The number of nitrogens with one attached hydrogen (secondary N) is 3. The molecule has 0 spiro atoms. The second-order valence-electron chi connectivity index (χ2n) is 4.14. The van der Waals surface area contributed by atoms with Gasteiger partial charge in [0, 0.05) is 25.4 Å². The van der Waals surface area contributed by atoms with Gasteiger partial charge in [-0.25, -0.2) is 13.4 Å². The van der Waals surface area contributed by atoms with Gasteiger partial charge in [-0.1, -0.05) is 0 Å². The number of likely N-dealkylation sites (N-methyl/N-ethyl adjacent to an activating group) is 1. The predicted octanol–water partition coefficient (Wildman–Crippen LogP) is 0.316. The van der Waals surface area contributed by atoms with Crippen LogP contribution in [-0.4, -0.2) is 38.4 Å². The molecule has 0 fully saturated rings. The molecule has 1 unspecified atom stereocenters. The summed E-state index contributed by atoms with van der Waals surface area (Å²) in [6.45, 7) is 6.24. The third kappa shape index (κ3) is 4.46. The lowest BCUT2D eigenvalue weighted by Crippen LogP contribution is -2.44. The third-order valence-corrected chi connectivity index (χ3v) is 4.01. The number of amides is 1. The average Bonchev–Trinajstić information content (AvgIpc) is 2.39. The lowest BCUT2D eigenvalue weighted by atomic mass is 10.3. The Morgan fingerprint density at radius 1 is 1.35 bits per heavy atom. The van der Waals surface area contributed by atoms with E-state index in [4.69, 9.17) is 0 Å². The van der Waals surface area contributed by atoms with E-state index in [1.807, 2.05) is 6.92 Å². The Morgan fingerprint density at radius 2 is 2.05 bits per heavy atom. The number of hydrogen-bond donors (Lipinski definition) is 3. The molecule has 0 aliphatic rings. The van der Waals surface area contributed by atoms with Crippen molar-refractivity contribution in [1.29, 1.82) is 0 Å². The van der Waals surface area contributed by atoms with Crippen LogP contribution in [0.4, 0.5) is 5.82 Å². The van der Waals surface area contributed by atoms with Gasteiger partial charge >= 0.3 is 0 Å². The molecule has 1 aromatic rings. The smallest absolute Gasteiger partial charge is 0.241 e. The van der Waals surface area contributed by atoms with Gasteiger partial charge in [0.25, 0.3) is 0 Å². The Morgan fingerprint density at radius 3 is 2.65 bits per heavy atom. The molecule has 1 amide bonds. The number of carbonyl (C=O) groups is 1.